The van der Waals surface area contributed by atoms with E-state index >= 15 is 0 Å². The number of anilines is 2. The summed E-state index contributed by atoms with van der Waals surface area (Å²) < 4.78 is 0. The molecule has 21 heavy (non-hydrogen) atoms. The van der Waals surface area contributed by atoms with Crippen LogP contribution < -0.4 is 16.2 Å². The van der Waals surface area contributed by atoms with Gasteiger partial charge in [-0.1, -0.05) is 30.3 Å². The summed E-state index contributed by atoms with van der Waals surface area (Å²) >= 11 is 0. The van der Waals surface area contributed by atoms with Gasteiger partial charge in [-0.25, -0.2) is 15.8 Å². The standard InChI is InChI=1S/C15H18N6/c1-11(8-9-16)21(2)14-10-13(20-17)18-15(19-14)12-6-4-3-5-7-12/h3-7,10-11H,8,17H2,1-2H3,(H,18,19,20). The number of nitrogens with two attached hydrogens (primary N) is 1. The van der Waals surface area contributed by atoms with Crippen molar-refractivity contribution in [2.45, 2.75) is 19.4 Å². The summed E-state index contributed by atoms with van der Waals surface area (Å²) in [5, 5.41) is 8.82. The molecule has 0 fully saturated rings. The molecule has 2 rings (SSSR count). The number of nitriles is 1. The van der Waals surface area contributed by atoms with Crippen molar-refractivity contribution in [1.29, 1.82) is 5.26 Å². The zero-order chi connectivity index (χ0) is 15.2. The Hall–Kier alpha value is -2.65. The Labute approximate surface area is 124 Å². The van der Waals surface area contributed by atoms with Gasteiger partial charge in [0.25, 0.3) is 0 Å². The van der Waals surface area contributed by atoms with E-state index in [-0.39, 0.29) is 6.04 Å². The van der Waals surface area contributed by atoms with Gasteiger partial charge in [0.2, 0.25) is 0 Å². The van der Waals surface area contributed by atoms with Crippen LogP contribution in [-0.4, -0.2) is 23.1 Å². The normalized spacial score (nSPS) is 11.5. The van der Waals surface area contributed by atoms with Crippen LogP contribution in [0.4, 0.5) is 11.6 Å². The predicted octanol–water partition coefficient (Wildman–Crippen LogP) is 2.17. The molecular weight excluding hydrogens is 264 g/mol. The highest BCUT2D eigenvalue weighted by molar-refractivity contribution is 5.61. The fourth-order valence-corrected chi connectivity index (χ4v) is 1.90. The van der Waals surface area contributed by atoms with Crippen molar-refractivity contribution in [3.63, 3.8) is 0 Å². The smallest absolute Gasteiger partial charge is 0.163 e. The Balaban J connectivity index is 2.41. The SMILES string of the molecule is CC(CC#N)N(C)c1cc(NN)nc(-c2ccccc2)n1. The Kier molecular flexibility index (Phi) is 4.69. The van der Waals surface area contributed by atoms with Gasteiger partial charge >= 0.3 is 0 Å². The number of hydrogen-bond donors (Lipinski definition) is 2. The van der Waals surface area contributed by atoms with E-state index in [0.29, 0.717) is 18.1 Å². The van der Waals surface area contributed by atoms with Crippen molar-refractivity contribution in [3.8, 4) is 17.5 Å². The number of hydrazine groups is 1. The lowest BCUT2D eigenvalue weighted by Crippen LogP contribution is -2.29. The Bertz CT molecular complexity index is 634. The second-order valence-corrected chi connectivity index (χ2v) is 4.77. The molecule has 1 aromatic heterocycles. The van der Waals surface area contributed by atoms with Gasteiger partial charge in [0.1, 0.15) is 11.6 Å². The number of nitrogen functional groups attached to an aromatic ring is 1. The van der Waals surface area contributed by atoms with E-state index in [9.17, 15) is 0 Å². The zero-order valence-electron chi connectivity index (χ0n) is 12.1. The fourth-order valence-electron chi connectivity index (χ4n) is 1.90. The maximum atomic E-state index is 8.82. The van der Waals surface area contributed by atoms with Crippen LogP contribution in [0, 0.1) is 11.3 Å². The lowest BCUT2D eigenvalue weighted by Gasteiger charge is -2.24. The molecule has 0 aliphatic heterocycles. The average molecular weight is 282 g/mol. The maximum absolute atomic E-state index is 8.82. The van der Waals surface area contributed by atoms with Gasteiger partial charge in [0, 0.05) is 24.7 Å². The van der Waals surface area contributed by atoms with Crippen molar-refractivity contribution < 1.29 is 0 Å². The Morgan fingerprint density at radius 3 is 2.67 bits per heavy atom. The minimum Gasteiger partial charge on any atom is -0.356 e. The number of nitrogens with zero attached hydrogens (tertiary/aromatic N) is 4. The molecule has 1 heterocycles. The van der Waals surface area contributed by atoms with Crippen LogP contribution in [0.5, 0.6) is 0 Å². The molecule has 6 nitrogen and oxygen atoms in total. The summed E-state index contributed by atoms with van der Waals surface area (Å²) in [6, 6.07) is 13.7. The van der Waals surface area contributed by atoms with Crippen LogP contribution in [0.25, 0.3) is 11.4 Å². The summed E-state index contributed by atoms with van der Waals surface area (Å²) in [6.45, 7) is 1.98. The molecule has 0 spiro atoms. The summed E-state index contributed by atoms with van der Waals surface area (Å²) in [7, 11) is 1.90. The first-order valence-corrected chi connectivity index (χ1v) is 6.66. The molecule has 6 heteroatoms. The molecule has 2 aromatic rings. The topological polar surface area (TPSA) is 90.9 Å². The number of aromatic nitrogens is 2. The van der Waals surface area contributed by atoms with Gasteiger partial charge in [0.15, 0.2) is 5.82 Å². The van der Waals surface area contributed by atoms with Crippen molar-refractivity contribution >= 4 is 11.6 Å². The van der Waals surface area contributed by atoms with Crippen LogP contribution in [0.15, 0.2) is 36.4 Å². The zero-order valence-corrected chi connectivity index (χ0v) is 12.1. The second kappa shape index (κ2) is 6.68. The molecule has 0 aliphatic carbocycles. The highest BCUT2D eigenvalue weighted by Crippen LogP contribution is 2.22. The molecule has 0 saturated carbocycles. The van der Waals surface area contributed by atoms with Crippen molar-refractivity contribution in [2.75, 3.05) is 17.4 Å². The maximum Gasteiger partial charge on any atom is 0.163 e. The van der Waals surface area contributed by atoms with E-state index in [2.05, 4.69) is 21.5 Å². The summed E-state index contributed by atoms with van der Waals surface area (Å²) in [5.74, 6) is 7.34. The van der Waals surface area contributed by atoms with Crippen molar-refractivity contribution in [3.05, 3.63) is 36.4 Å². The lowest BCUT2D eigenvalue weighted by atomic mass is 10.2. The van der Waals surface area contributed by atoms with E-state index in [1.54, 1.807) is 6.07 Å². The van der Waals surface area contributed by atoms with Gasteiger partial charge in [-0.3, -0.25) is 0 Å². The summed E-state index contributed by atoms with van der Waals surface area (Å²) in [4.78, 5) is 10.9. The molecule has 0 radical (unpaired) electrons. The summed E-state index contributed by atoms with van der Waals surface area (Å²) in [6.07, 6.45) is 0.423. The van der Waals surface area contributed by atoms with E-state index in [0.717, 1.165) is 11.4 Å². The quantitative estimate of drug-likeness (QED) is 0.645. The van der Waals surface area contributed by atoms with Gasteiger partial charge in [0.05, 0.1) is 12.5 Å². The molecule has 0 aliphatic rings. The van der Waals surface area contributed by atoms with E-state index in [1.807, 2.05) is 49.2 Å². The highest BCUT2D eigenvalue weighted by atomic mass is 15.3. The molecule has 108 valence electrons. The first-order valence-electron chi connectivity index (χ1n) is 6.66. The first-order chi connectivity index (χ1) is 10.2. The van der Waals surface area contributed by atoms with Gasteiger partial charge in [-0.15, -0.1) is 0 Å². The van der Waals surface area contributed by atoms with Gasteiger partial charge in [-0.2, -0.15) is 5.26 Å². The molecule has 0 amide bonds. The molecule has 3 N–H and O–H groups in total. The molecule has 0 saturated heterocycles. The van der Waals surface area contributed by atoms with Gasteiger partial charge < -0.3 is 10.3 Å². The van der Waals surface area contributed by atoms with Crippen LogP contribution in [0.2, 0.25) is 0 Å². The third-order valence-corrected chi connectivity index (χ3v) is 3.30. The van der Waals surface area contributed by atoms with E-state index < -0.39 is 0 Å². The Morgan fingerprint density at radius 2 is 2.05 bits per heavy atom. The molecule has 1 atom stereocenters. The summed E-state index contributed by atoms with van der Waals surface area (Å²) in [5.41, 5.74) is 3.47. The predicted molar refractivity (Wildman–Crippen MR) is 83.4 cm³/mol. The first kappa shape index (κ1) is 14.8. The van der Waals surface area contributed by atoms with Crippen LogP contribution in [0.3, 0.4) is 0 Å². The van der Waals surface area contributed by atoms with Crippen LogP contribution in [0.1, 0.15) is 13.3 Å². The van der Waals surface area contributed by atoms with Gasteiger partial charge in [-0.05, 0) is 6.92 Å². The Morgan fingerprint density at radius 1 is 1.33 bits per heavy atom. The van der Waals surface area contributed by atoms with Crippen molar-refractivity contribution in [1.82, 2.24) is 9.97 Å². The van der Waals surface area contributed by atoms with E-state index in [4.69, 9.17) is 11.1 Å². The lowest BCUT2D eigenvalue weighted by molar-refractivity contribution is 0.693. The number of nitrogens with one attached hydrogen (secondary N) is 1. The van der Waals surface area contributed by atoms with Crippen LogP contribution >= 0.6 is 0 Å². The number of rotatable bonds is 5. The molecule has 1 aromatic carbocycles. The third-order valence-electron chi connectivity index (χ3n) is 3.30. The minimum absolute atomic E-state index is 0.0548. The second-order valence-electron chi connectivity index (χ2n) is 4.77. The largest absolute Gasteiger partial charge is 0.356 e. The molecule has 0 bridgehead atoms. The van der Waals surface area contributed by atoms with Crippen molar-refractivity contribution in [2.24, 2.45) is 5.84 Å². The average Bonchev–Trinajstić information content (AvgIpc) is 2.54. The van der Waals surface area contributed by atoms with Crippen LogP contribution in [-0.2, 0) is 0 Å². The number of benzene rings is 1. The highest BCUT2D eigenvalue weighted by Gasteiger charge is 2.14. The number of hydrogen-bond acceptors (Lipinski definition) is 6. The minimum atomic E-state index is 0.0548. The monoisotopic (exact) mass is 282 g/mol. The molecule has 1 unspecified atom stereocenters. The fraction of sp³-hybridized carbons (Fsp3) is 0.267. The third kappa shape index (κ3) is 3.46. The molecular formula is C15H18N6. The van der Waals surface area contributed by atoms with E-state index in [1.165, 1.54) is 0 Å².